The van der Waals surface area contributed by atoms with Gasteiger partial charge in [-0.25, -0.2) is 14.6 Å². The standard InChI is InChI=1S/C20H27ClN2O5/c1-4-27-20(24)19-17(12-26-10-9-22)23-13(2)15(11-28-25-3)18(19)14-7-5-6-8-16(14)21/h5-8,18,23H,4,9-12,22H2,1-3H3. The van der Waals surface area contributed by atoms with E-state index in [4.69, 9.17) is 36.6 Å². The molecule has 0 spiro atoms. The Morgan fingerprint density at radius 3 is 2.68 bits per heavy atom. The molecule has 3 N–H and O–H groups in total. The number of ether oxygens (including phenoxy) is 2. The van der Waals surface area contributed by atoms with Crippen LogP contribution in [-0.4, -0.2) is 46.1 Å². The average molecular weight is 411 g/mol. The van der Waals surface area contributed by atoms with Crippen molar-refractivity contribution in [2.45, 2.75) is 19.8 Å². The molecule has 0 aromatic heterocycles. The lowest BCUT2D eigenvalue weighted by molar-refractivity contribution is -0.265. The van der Waals surface area contributed by atoms with Crippen LogP contribution in [0.15, 0.2) is 46.8 Å². The minimum atomic E-state index is -0.458. The Hall–Kier alpha value is -1.90. The highest BCUT2D eigenvalue weighted by atomic mass is 35.5. The van der Waals surface area contributed by atoms with Gasteiger partial charge in [0.2, 0.25) is 0 Å². The number of nitrogens with two attached hydrogens (primary N) is 1. The van der Waals surface area contributed by atoms with E-state index in [2.05, 4.69) is 5.32 Å². The van der Waals surface area contributed by atoms with Gasteiger partial charge in [-0.3, -0.25) is 0 Å². The summed E-state index contributed by atoms with van der Waals surface area (Å²) in [6.07, 6.45) is 0. The SMILES string of the molecule is CCOC(=O)C1=C(COCCN)NC(C)=C(COOC)C1c1ccccc1Cl. The van der Waals surface area contributed by atoms with Crippen molar-refractivity contribution in [3.05, 3.63) is 57.4 Å². The van der Waals surface area contributed by atoms with Gasteiger partial charge in [-0.1, -0.05) is 29.8 Å². The lowest BCUT2D eigenvalue weighted by atomic mass is 9.80. The molecule has 7 nitrogen and oxygen atoms in total. The summed E-state index contributed by atoms with van der Waals surface area (Å²) >= 11 is 6.49. The van der Waals surface area contributed by atoms with Crippen molar-refractivity contribution < 1.29 is 24.0 Å². The maximum absolute atomic E-state index is 12.9. The van der Waals surface area contributed by atoms with Crippen molar-refractivity contribution >= 4 is 17.6 Å². The van der Waals surface area contributed by atoms with Crippen molar-refractivity contribution in [3.63, 3.8) is 0 Å². The van der Waals surface area contributed by atoms with E-state index >= 15 is 0 Å². The van der Waals surface area contributed by atoms with E-state index in [1.165, 1.54) is 7.11 Å². The quantitative estimate of drug-likeness (QED) is 0.265. The van der Waals surface area contributed by atoms with Crippen LogP contribution in [0.2, 0.25) is 5.02 Å². The maximum Gasteiger partial charge on any atom is 0.336 e. The second-order valence-corrected chi connectivity index (χ2v) is 6.52. The van der Waals surface area contributed by atoms with E-state index in [-0.39, 0.29) is 19.8 Å². The van der Waals surface area contributed by atoms with Gasteiger partial charge in [0, 0.05) is 23.2 Å². The van der Waals surface area contributed by atoms with Crippen LogP contribution in [-0.2, 0) is 24.0 Å². The second-order valence-electron chi connectivity index (χ2n) is 6.11. The predicted octanol–water partition coefficient (Wildman–Crippen LogP) is 2.67. The minimum absolute atomic E-state index is 0.158. The Morgan fingerprint density at radius 1 is 1.29 bits per heavy atom. The Balaban J connectivity index is 2.58. The summed E-state index contributed by atoms with van der Waals surface area (Å²) < 4.78 is 10.9. The lowest BCUT2D eigenvalue weighted by Gasteiger charge is -2.32. The topological polar surface area (TPSA) is 92.0 Å². The summed E-state index contributed by atoms with van der Waals surface area (Å²) in [6, 6.07) is 7.39. The van der Waals surface area contributed by atoms with Crippen molar-refractivity contribution in [2.24, 2.45) is 5.73 Å². The van der Waals surface area contributed by atoms with Crippen LogP contribution in [0.4, 0.5) is 0 Å². The molecule has 2 rings (SSSR count). The van der Waals surface area contributed by atoms with Crippen LogP contribution in [0.1, 0.15) is 25.3 Å². The van der Waals surface area contributed by atoms with E-state index in [1.807, 2.05) is 25.1 Å². The summed E-state index contributed by atoms with van der Waals surface area (Å²) in [5.74, 6) is -0.894. The normalized spacial score (nSPS) is 17.0. The van der Waals surface area contributed by atoms with Gasteiger partial charge >= 0.3 is 5.97 Å². The van der Waals surface area contributed by atoms with E-state index in [9.17, 15) is 4.79 Å². The first-order valence-corrected chi connectivity index (χ1v) is 9.47. The number of esters is 1. The molecule has 154 valence electrons. The van der Waals surface area contributed by atoms with Crippen LogP contribution >= 0.6 is 11.6 Å². The van der Waals surface area contributed by atoms with Crippen molar-refractivity contribution in [1.82, 2.24) is 5.32 Å². The van der Waals surface area contributed by atoms with Crippen molar-refractivity contribution in [1.29, 1.82) is 0 Å². The number of carbonyl (C=O) groups is 1. The molecule has 0 bridgehead atoms. The number of halogens is 1. The number of hydrogen-bond donors (Lipinski definition) is 2. The van der Waals surface area contributed by atoms with Gasteiger partial charge in [0.05, 0.1) is 38.2 Å². The molecule has 1 unspecified atom stereocenters. The maximum atomic E-state index is 12.9. The molecule has 1 aromatic rings. The molecule has 0 saturated heterocycles. The second kappa shape index (κ2) is 11.2. The van der Waals surface area contributed by atoms with Crippen LogP contribution in [0.5, 0.6) is 0 Å². The van der Waals surface area contributed by atoms with E-state index in [0.717, 1.165) is 16.8 Å². The Labute approximate surface area is 170 Å². The first-order chi connectivity index (χ1) is 13.5. The minimum Gasteiger partial charge on any atom is -0.463 e. The summed E-state index contributed by atoms with van der Waals surface area (Å²) in [7, 11) is 1.44. The molecular weight excluding hydrogens is 384 g/mol. The third-order valence-corrected chi connectivity index (χ3v) is 4.68. The molecule has 1 atom stereocenters. The first-order valence-electron chi connectivity index (χ1n) is 9.09. The highest BCUT2D eigenvalue weighted by molar-refractivity contribution is 6.31. The molecule has 28 heavy (non-hydrogen) atoms. The van der Waals surface area contributed by atoms with Gasteiger partial charge in [0.1, 0.15) is 6.61 Å². The fourth-order valence-corrected chi connectivity index (χ4v) is 3.37. The zero-order valence-corrected chi connectivity index (χ0v) is 17.2. The Morgan fingerprint density at radius 2 is 2.04 bits per heavy atom. The predicted molar refractivity (Wildman–Crippen MR) is 107 cm³/mol. The lowest BCUT2D eigenvalue weighted by Crippen LogP contribution is -2.33. The molecule has 1 heterocycles. The van der Waals surface area contributed by atoms with E-state index < -0.39 is 11.9 Å². The van der Waals surface area contributed by atoms with Crippen molar-refractivity contribution in [2.75, 3.05) is 40.1 Å². The average Bonchev–Trinajstić information content (AvgIpc) is 2.67. The third kappa shape index (κ3) is 5.33. The Kier molecular flexibility index (Phi) is 8.95. The molecule has 0 saturated carbocycles. The molecule has 1 aliphatic rings. The number of allylic oxidation sites excluding steroid dienone is 1. The molecule has 1 aliphatic heterocycles. The number of hydrogen-bond acceptors (Lipinski definition) is 7. The zero-order valence-electron chi connectivity index (χ0n) is 16.4. The molecule has 1 aromatic carbocycles. The number of nitrogens with one attached hydrogen (secondary N) is 1. The fourth-order valence-electron chi connectivity index (χ4n) is 3.13. The third-order valence-electron chi connectivity index (χ3n) is 4.33. The van der Waals surface area contributed by atoms with Gasteiger partial charge < -0.3 is 20.5 Å². The van der Waals surface area contributed by atoms with Gasteiger partial charge in [-0.05, 0) is 31.1 Å². The van der Waals surface area contributed by atoms with Crippen LogP contribution in [0.3, 0.4) is 0 Å². The van der Waals surface area contributed by atoms with E-state index in [1.54, 1.807) is 13.0 Å². The molecule has 8 heteroatoms. The van der Waals surface area contributed by atoms with Gasteiger partial charge in [-0.15, -0.1) is 0 Å². The highest BCUT2D eigenvalue weighted by Crippen LogP contribution is 2.41. The fraction of sp³-hybridized carbons (Fsp3) is 0.450. The molecular formula is C20H27ClN2O5. The molecule has 0 fully saturated rings. The van der Waals surface area contributed by atoms with Crippen molar-refractivity contribution in [3.8, 4) is 0 Å². The summed E-state index contributed by atoms with van der Waals surface area (Å²) in [5.41, 5.74) is 9.01. The summed E-state index contributed by atoms with van der Waals surface area (Å²) in [5, 5.41) is 3.80. The number of benzene rings is 1. The van der Waals surface area contributed by atoms with Crippen LogP contribution in [0.25, 0.3) is 0 Å². The Bertz CT molecular complexity index is 748. The first kappa shape index (κ1) is 22.4. The van der Waals surface area contributed by atoms with Crippen LogP contribution < -0.4 is 11.1 Å². The number of carbonyl (C=O) groups excluding carboxylic acids is 1. The van der Waals surface area contributed by atoms with Gasteiger partial charge in [-0.2, -0.15) is 0 Å². The van der Waals surface area contributed by atoms with Crippen LogP contribution in [0, 0.1) is 0 Å². The summed E-state index contributed by atoms with van der Waals surface area (Å²) in [4.78, 5) is 22.9. The largest absolute Gasteiger partial charge is 0.463 e. The smallest absolute Gasteiger partial charge is 0.336 e. The summed E-state index contributed by atoms with van der Waals surface area (Å²) in [6.45, 7) is 5.04. The molecule has 0 amide bonds. The van der Waals surface area contributed by atoms with E-state index in [0.29, 0.717) is 29.4 Å². The number of rotatable bonds is 10. The monoisotopic (exact) mass is 410 g/mol. The van der Waals surface area contributed by atoms with Gasteiger partial charge in [0.25, 0.3) is 0 Å². The zero-order chi connectivity index (χ0) is 20.5. The molecule has 0 aliphatic carbocycles. The number of dihydropyridines is 1. The highest BCUT2D eigenvalue weighted by Gasteiger charge is 2.36. The molecule has 0 radical (unpaired) electrons. The van der Waals surface area contributed by atoms with Gasteiger partial charge in [0.15, 0.2) is 0 Å².